The highest BCUT2D eigenvalue weighted by Gasteiger charge is 2.71. The van der Waals surface area contributed by atoms with Crippen molar-refractivity contribution in [3.05, 3.63) is 0 Å². The van der Waals surface area contributed by atoms with Crippen LogP contribution in [0.3, 0.4) is 0 Å². The highest BCUT2D eigenvalue weighted by atomic mass is 16.6. The molecule has 4 unspecified atom stereocenters. The predicted molar refractivity (Wildman–Crippen MR) is 88.5 cm³/mol. The minimum atomic E-state index is -0.387. The lowest BCUT2D eigenvalue weighted by molar-refractivity contribution is 0.0999. The Bertz CT molecular complexity index is 465. The molecule has 0 aromatic rings. The SMILES string of the molecule is CCOC(=O)N1C(C2N(C(=O)OCC)N2C(C)(C)C)N1C(C)(C)C. The van der Waals surface area contributed by atoms with Crippen LogP contribution >= 0.6 is 0 Å². The van der Waals surface area contributed by atoms with E-state index in [2.05, 4.69) is 0 Å². The smallest absolute Gasteiger partial charge is 0.426 e. The van der Waals surface area contributed by atoms with Crippen molar-refractivity contribution in [1.29, 1.82) is 0 Å². The van der Waals surface area contributed by atoms with Crippen LogP contribution in [0.15, 0.2) is 0 Å². The molecule has 0 saturated carbocycles. The molecule has 2 aliphatic rings. The zero-order valence-electron chi connectivity index (χ0n) is 16.0. The van der Waals surface area contributed by atoms with Crippen LogP contribution in [-0.2, 0) is 9.47 Å². The highest BCUT2D eigenvalue weighted by Crippen LogP contribution is 2.49. The largest absolute Gasteiger partial charge is 0.449 e. The molecule has 0 aliphatic carbocycles. The quantitative estimate of drug-likeness (QED) is 0.735. The van der Waals surface area contributed by atoms with Gasteiger partial charge >= 0.3 is 12.2 Å². The summed E-state index contributed by atoms with van der Waals surface area (Å²) in [5.74, 6) is 0. The first-order valence-electron chi connectivity index (χ1n) is 8.47. The lowest BCUT2D eigenvalue weighted by Crippen LogP contribution is -2.33. The second-order valence-corrected chi connectivity index (χ2v) is 7.94. The van der Waals surface area contributed by atoms with Crippen LogP contribution < -0.4 is 0 Å². The number of carbonyl (C=O) groups is 2. The Morgan fingerprint density at radius 1 is 0.750 bits per heavy atom. The standard InChI is InChI=1S/C16H30N4O4/c1-9-23-13(21)17-11(19(17)15(3,4)5)12-18(14(22)24-10-2)20(12)16(6,7)8/h11-12H,9-10H2,1-8H3. The van der Waals surface area contributed by atoms with Crippen molar-refractivity contribution in [2.24, 2.45) is 0 Å². The lowest BCUT2D eigenvalue weighted by Gasteiger charge is -2.20. The number of carbonyl (C=O) groups excluding carboxylic acids is 2. The fourth-order valence-electron chi connectivity index (χ4n) is 3.09. The van der Waals surface area contributed by atoms with E-state index in [1.165, 1.54) is 0 Å². The molecule has 8 nitrogen and oxygen atoms in total. The number of rotatable bonds is 3. The third kappa shape index (κ3) is 3.30. The van der Waals surface area contributed by atoms with Crippen LogP contribution in [0.4, 0.5) is 9.59 Å². The van der Waals surface area contributed by atoms with Crippen molar-refractivity contribution in [2.45, 2.75) is 78.8 Å². The fourth-order valence-corrected chi connectivity index (χ4v) is 3.09. The molecule has 2 aliphatic heterocycles. The molecule has 0 N–H and O–H groups in total. The molecule has 2 rings (SSSR count). The van der Waals surface area contributed by atoms with Crippen molar-refractivity contribution in [3.63, 3.8) is 0 Å². The second-order valence-electron chi connectivity index (χ2n) is 7.94. The van der Waals surface area contributed by atoms with Crippen molar-refractivity contribution in [1.82, 2.24) is 20.0 Å². The topological polar surface area (TPSA) is 64.6 Å². The Morgan fingerprint density at radius 2 is 1.04 bits per heavy atom. The van der Waals surface area contributed by atoms with Gasteiger partial charge in [0, 0.05) is 11.1 Å². The summed E-state index contributed by atoms with van der Waals surface area (Å²) in [5, 5.41) is 7.08. The first-order chi connectivity index (χ1) is 11.0. The van der Waals surface area contributed by atoms with Crippen LogP contribution in [0.1, 0.15) is 55.4 Å². The monoisotopic (exact) mass is 342 g/mol. The summed E-state index contributed by atoms with van der Waals surface area (Å²) in [6, 6.07) is 0. The van der Waals surface area contributed by atoms with E-state index in [0.717, 1.165) is 0 Å². The van der Waals surface area contributed by atoms with E-state index < -0.39 is 0 Å². The molecular weight excluding hydrogens is 312 g/mol. The molecule has 0 radical (unpaired) electrons. The Morgan fingerprint density at radius 3 is 1.25 bits per heavy atom. The summed E-state index contributed by atoms with van der Waals surface area (Å²) in [4.78, 5) is 24.5. The number of hydrogen-bond donors (Lipinski definition) is 0. The fraction of sp³-hybridized carbons (Fsp3) is 0.875. The van der Waals surface area contributed by atoms with Crippen LogP contribution in [0, 0.1) is 0 Å². The Labute approximate surface area is 144 Å². The molecule has 8 heteroatoms. The van der Waals surface area contributed by atoms with E-state index in [-0.39, 0.29) is 35.6 Å². The maximum Gasteiger partial charge on any atom is 0.426 e. The second kappa shape index (κ2) is 6.07. The summed E-state index contributed by atoms with van der Waals surface area (Å²) < 4.78 is 10.3. The number of nitrogens with zero attached hydrogens (tertiary/aromatic N) is 4. The number of hydrogen-bond acceptors (Lipinski definition) is 6. The summed E-state index contributed by atoms with van der Waals surface area (Å²) in [7, 11) is 0. The van der Waals surface area contributed by atoms with Gasteiger partial charge in [0.1, 0.15) is 0 Å². The minimum Gasteiger partial charge on any atom is -0.449 e. The van der Waals surface area contributed by atoms with E-state index >= 15 is 0 Å². The number of ether oxygens (including phenoxy) is 2. The average molecular weight is 342 g/mol. The van der Waals surface area contributed by atoms with Gasteiger partial charge in [0.25, 0.3) is 0 Å². The van der Waals surface area contributed by atoms with Gasteiger partial charge in [0.05, 0.1) is 13.2 Å². The summed E-state index contributed by atoms with van der Waals surface area (Å²) >= 11 is 0. The van der Waals surface area contributed by atoms with Gasteiger partial charge in [0.15, 0.2) is 12.3 Å². The van der Waals surface area contributed by atoms with Crippen LogP contribution in [-0.4, -0.2) is 68.8 Å². The normalized spacial score (nSPS) is 29.3. The summed E-state index contributed by atoms with van der Waals surface area (Å²) in [6.07, 6.45) is -1.26. The number of amides is 2. The molecule has 0 spiro atoms. The zero-order chi connectivity index (χ0) is 18.4. The molecular formula is C16H30N4O4. The van der Waals surface area contributed by atoms with Gasteiger partial charge in [-0.25, -0.2) is 19.6 Å². The molecule has 4 atom stereocenters. The minimum absolute atomic E-state index is 0.243. The molecule has 138 valence electrons. The number of hydrazine groups is 2. The van der Waals surface area contributed by atoms with Crippen molar-refractivity contribution in [2.75, 3.05) is 13.2 Å². The van der Waals surface area contributed by atoms with Crippen LogP contribution in [0.5, 0.6) is 0 Å². The van der Waals surface area contributed by atoms with Gasteiger partial charge in [-0.15, -0.1) is 0 Å². The lowest BCUT2D eigenvalue weighted by atomic mass is 10.1. The molecule has 24 heavy (non-hydrogen) atoms. The molecule has 0 aromatic carbocycles. The Kier molecular flexibility index (Phi) is 4.76. The Hall–Kier alpha value is -1.54. The molecule has 0 aromatic heterocycles. The van der Waals surface area contributed by atoms with Crippen LogP contribution in [0.25, 0.3) is 0 Å². The van der Waals surface area contributed by atoms with Gasteiger partial charge in [-0.05, 0) is 55.4 Å². The molecule has 2 amide bonds. The van der Waals surface area contributed by atoms with Gasteiger partial charge in [0.2, 0.25) is 0 Å². The van der Waals surface area contributed by atoms with E-state index in [1.54, 1.807) is 23.9 Å². The molecule has 2 heterocycles. The van der Waals surface area contributed by atoms with E-state index in [0.29, 0.717) is 13.2 Å². The Balaban J connectivity index is 2.23. The third-order valence-electron chi connectivity index (χ3n) is 3.91. The highest BCUT2D eigenvalue weighted by molar-refractivity contribution is 5.73. The average Bonchev–Trinajstić information content (AvgIpc) is 3.28. The summed E-state index contributed by atoms with van der Waals surface area (Å²) in [5.41, 5.74) is -0.520. The van der Waals surface area contributed by atoms with E-state index in [4.69, 9.17) is 9.47 Å². The first kappa shape index (κ1) is 18.8. The van der Waals surface area contributed by atoms with E-state index in [9.17, 15) is 9.59 Å². The first-order valence-corrected chi connectivity index (χ1v) is 8.47. The predicted octanol–water partition coefficient (Wildman–Crippen LogP) is 2.61. The van der Waals surface area contributed by atoms with Gasteiger partial charge in [-0.1, -0.05) is 0 Å². The van der Waals surface area contributed by atoms with Crippen molar-refractivity contribution in [3.8, 4) is 0 Å². The molecule has 2 fully saturated rings. The van der Waals surface area contributed by atoms with Crippen LogP contribution in [0.2, 0.25) is 0 Å². The molecule has 0 bridgehead atoms. The van der Waals surface area contributed by atoms with Gasteiger partial charge < -0.3 is 9.47 Å². The zero-order valence-corrected chi connectivity index (χ0v) is 16.0. The van der Waals surface area contributed by atoms with Gasteiger partial charge in [-0.3, -0.25) is 0 Å². The maximum atomic E-state index is 12.3. The third-order valence-corrected chi connectivity index (χ3v) is 3.91. The van der Waals surface area contributed by atoms with Crippen molar-refractivity contribution >= 4 is 12.2 Å². The summed E-state index contributed by atoms with van der Waals surface area (Å²) in [6.45, 7) is 16.3. The van der Waals surface area contributed by atoms with Gasteiger partial charge in [-0.2, -0.15) is 10.0 Å². The maximum absolute atomic E-state index is 12.3. The van der Waals surface area contributed by atoms with E-state index in [1.807, 2.05) is 51.6 Å². The van der Waals surface area contributed by atoms with Crippen molar-refractivity contribution < 1.29 is 19.1 Å². The molecule has 2 saturated heterocycles.